The summed E-state index contributed by atoms with van der Waals surface area (Å²) in [5.74, 6) is 0.487. The number of allylic oxidation sites excluding steroid dienone is 2. The number of nitrogens with zero attached hydrogens (tertiary/aromatic N) is 1. The second-order valence-electron chi connectivity index (χ2n) is 14.3. The molecule has 1 aliphatic heterocycles. The van der Waals surface area contributed by atoms with Crippen LogP contribution in [0.2, 0.25) is 0 Å². The van der Waals surface area contributed by atoms with E-state index in [-0.39, 0.29) is 17.6 Å². The average Bonchev–Trinajstić information content (AvgIpc) is 3.68. The van der Waals surface area contributed by atoms with Crippen LogP contribution >= 0.6 is 0 Å². The first-order valence-electron chi connectivity index (χ1n) is 17.8. The highest BCUT2D eigenvalue weighted by molar-refractivity contribution is 6.15. The molecule has 2 aliphatic carbocycles. The predicted molar refractivity (Wildman–Crippen MR) is 208 cm³/mol. The number of hydrogen-bond donors (Lipinski definition) is 1. The number of benzene rings is 6. The minimum atomic E-state index is -0.151. The monoisotopic (exact) mass is 646 g/mol. The van der Waals surface area contributed by atoms with Crippen molar-refractivity contribution in [2.45, 2.75) is 37.9 Å². The van der Waals surface area contributed by atoms with Gasteiger partial charge in [0.05, 0.1) is 5.54 Å². The fourth-order valence-corrected chi connectivity index (χ4v) is 9.01. The molecule has 0 saturated carbocycles. The van der Waals surface area contributed by atoms with E-state index in [1.54, 1.807) is 0 Å². The molecule has 1 fully saturated rings. The van der Waals surface area contributed by atoms with Crippen molar-refractivity contribution in [3.63, 3.8) is 0 Å². The van der Waals surface area contributed by atoms with Crippen LogP contribution in [0, 0.1) is 5.92 Å². The first-order valence-corrected chi connectivity index (χ1v) is 17.8. The zero-order chi connectivity index (χ0) is 33.4. The van der Waals surface area contributed by atoms with Crippen LogP contribution in [0.1, 0.15) is 43.5 Å². The van der Waals surface area contributed by atoms with Crippen molar-refractivity contribution >= 4 is 50.4 Å². The summed E-state index contributed by atoms with van der Waals surface area (Å²) < 4.78 is 6.43. The minimum absolute atomic E-state index is 0.0527. The molecule has 50 heavy (non-hydrogen) atoms. The van der Waals surface area contributed by atoms with Crippen LogP contribution in [0.5, 0.6) is 0 Å². The van der Waals surface area contributed by atoms with Crippen molar-refractivity contribution in [1.29, 1.82) is 0 Å². The quantitative estimate of drug-likeness (QED) is 0.193. The van der Waals surface area contributed by atoms with Crippen LogP contribution < -0.4 is 20.9 Å². The number of para-hydroxylation sites is 1. The third-order valence-electron chi connectivity index (χ3n) is 11.4. The van der Waals surface area contributed by atoms with Crippen molar-refractivity contribution < 1.29 is 4.42 Å². The lowest BCUT2D eigenvalue weighted by molar-refractivity contribution is 0.514. The average molecular weight is 647 g/mol. The summed E-state index contributed by atoms with van der Waals surface area (Å²) in [5, 5.41) is 11.5. The van der Waals surface area contributed by atoms with Crippen LogP contribution in [0.3, 0.4) is 0 Å². The largest absolute Gasteiger partial charge is 0.456 e. The normalized spacial score (nSPS) is 22.5. The molecule has 3 nitrogen and oxygen atoms in total. The van der Waals surface area contributed by atoms with E-state index in [1.807, 2.05) is 0 Å². The van der Waals surface area contributed by atoms with Crippen LogP contribution in [-0.2, 0) is 0 Å². The highest BCUT2D eigenvalue weighted by Gasteiger charge is 2.47. The third-order valence-corrected chi connectivity index (χ3v) is 11.4. The molecule has 0 amide bonds. The summed E-state index contributed by atoms with van der Waals surface area (Å²) in [6.45, 7) is 4.71. The fourth-order valence-electron chi connectivity index (χ4n) is 9.01. The van der Waals surface area contributed by atoms with Crippen molar-refractivity contribution in [2.24, 2.45) is 5.92 Å². The van der Waals surface area contributed by atoms with E-state index < -0.39 is 0 Å². The van der Waals surface area contributed by atoms with E-state index in [4.69, 9.17) is 4.42 Å². The molecule has 1 N–H and O–H groups in total. The molecule has 0 radical (unpaired) electrons. The van der Waals surface area contributed by atoms with Gasteiger partial charge in [-0.2, -0.15) is 0 Å². The second kappa shape index (κ2) is 11.1. The van der Waals surface area contributed by atoms with Gasteiger partial charge in [0.1, 0.15) is 17.2 Å². The van der Waals surface area contributed by atoms with Crippen LogP contribution in [-0.4, -0.2) is 5.54 Å². The Kier molecular flexibility index (Phi) is 6.48. The van der Waals surface area contributed by atoms with Gasteiger partial charge in [-0.05, 0) is 93.4 Å². The first-order chi connectivity index (χ1) is 24.6. The summed E-state index contributed by atoms with van der Waals surface area (Å²) in [4.78, 5) is 2.57. The Balaban J connectivity index is 1.13. The lowest BCUT2D eigenvalue weighted by atomic mass is 9.77. The van der Waals surface area contributed by atoms with Gasteiger partial charge in [-0.15, -0.1) is 0 Å². The molecule has 0 spiro atoms. The van der Waals surface area contributed by atoms with Gasteiger partial charge in [-0.3, -0.25) is 0 Å². The standard InChI is InChI=1S/C47H38N2O/c1-30-28-40-34-16-10-11-21-41(34)50-42(40)29-39(30)45-37-19-8-6-17-35(37)44(36-18-7-9-20-38(36)45)31-23-25-33(26-24-31)49-46(32-14-4-3-5-15-32)48-43-22-12-13-27-47(43,49)2/h3-26,28-30,39,46,48H,27H2,1-2H3. The molecule has 7 aromatic rings. The van der Waals surface area contributed by atoms with Crippen LogP contribution in [0.4, 0.5) is 5.69 Å². The molecule has 6 aromatic carbocycles. The number of rotatable bonds is 4. The molecule has 1 aromatic heterocycles. The lowest BCUT2D eigenvalue weighted by Gasteiger charge is -2.39. The van der Waals surface area contributed by atoms with Crippen LogP contribution in [0.15, 0.2) is 156 Å². The maximum absolute atomic E-state index is 6.43. The fraction of sp³-hybridized carbons (Fsp3) is 0.149. The molecular formula is C47H38N2O. The molecule has 1 saturated heterocycles. The Bertz CT molecular complexity index is 2590. The molecule has 4 atom stereocenters. The maximum atomic E-state index is 6.43. The van der Waals surface area contributed by atoms with E-state index in [9.17, 15) is 0 Å². The Morgan fingerprint density at radius 3 is 2.06 bits per heavy atom. The van der Waals surface area contributed by atoms with E-state index >= 15 is 0 Å². The van der Waals surface area contributed by atoms with Crippen LogP contribution in [0.25, 0.3) is 55.8 Å². The van der Waals surface area contributed by atoms with E-state index in [0.29, 0.717) is 5.92 Å². The van der Waals surface area contributed by atoms with E-state index in [2.05, 4.69) is 182 Å². The summed E-state index contributed by atoms with van der Waals surface area (Å²) >= 11 is 0. The summed E-state index contributed by atoms with van der Waals surface area (Å²) in [5.41, 5.74) is 9.42. The maximum Gasteiger partial charge on any atom is 0.135 e. The SMILES string of the molecule is CC1C=c2c(oc3ccccc23)=CC1c1c2ccccc2c(-c2ccc(N3C(c4ccccc4)NC4=CC=CCC43C)cc2)c2ccccc12. The van der Waals surface area contributed by atoms with Gasteiger partial charge >= 0.3 is 0 Å². The molecule has 242 valence electrons. The van der Waals surface area contributed by atoms with Gasteiger partial charge in [0, 0.05) is 27.9 Å². The summed E-state index contributed by atoms with van der Waals surface area (Å²) in [6, 6.07) is 46.5. The van der Waals surface area contributed by atoms with E-state index in [0.717, 1.165) is 17.4 Å². The minimum Gasteiger partial charge on any atom is -0.456 e. The summed E-state index contributed by atoms with van der Waals surface area (Å²) in [7, 11) is 0. The predicted octanol–water partition coefficient (Wildman–Crippen LogP) is 10.1. The number of nitrogens with one attached hydrogen (secondary N) is 1. The molecule has 0 bridgehead atoms. The Labute approximate surface area is 292 Å². The summed E-state index contributed by atoms with van der Waals surface area (Å²) in [6.07, 6.45) is 12.5. The molecule has 3 heteroatoms. The molecule has 4 unspecified atom stereocenters. The van der Waals surface area contributed by atoms with Gasteiger partial charge in [-0.25, -0.2) is 0 Å². The van der Waals surface area contributed by atoms with Gasteiger partial charge in [0.2, 0.25) is 0 Å². The highest BCUT2D eigenvalue weighted by Crippen LogP contribution is 2.48. The topological polar surface area (TPSA) is 28.4 Å². The second-order valence-corrected chi connectivity index (χ2v) is 14.3. The highest BCUT2D eigenvalue weighted by atomic mass is 16.3. The Hall–Kier alpha value is -5.80. The smallest absolute Gasteiger partial charge is 0.135 e. The number of furan rings is 1. The van der Waals surface area contributed by atoms with Crippen molar-refractivity contribution in [1.82, 2.24) is 5.32 Å². The molecule has 3 aliphatic rings. The van der Waals surface area contributed by atoms with Crippen molar-refractivity contribution in [2.75, 3.05) is 4.90 Å². The zero-order valence-electron chi connectivity index (χ0n) is 28.3. The van der Waals surface area contributed by atoms with E-state index in [1.165, 1.54) is 65.8 Å². The van der Waals surface area contributed by atoms with Gasteiger partial charge < -0.3 is 14.6 Å². The van der Waals surface area contributed by atoms with Gasteiger partial charge in [-0.1, -0.05) is 134 Å². The third kappa shape index (κ3) is 4.29. The van der Waals surface area contributed by atoms with Crippen molar-refractivity contribution in [3.05, 3.63) is 173 Å². The van der Waals surface area contributed by atoms with Crippen molar-refractivity contribution in [3.8, 4) is 11.1 Å². The van der Waals surface area contributed by atoms with Gasteiger partial charge in [0.15, 0.2) is 0 Å². The Morgan fingerprint density at radius 1 is 0.700 bits per heavy atom. The number of anilines is 1. The van der Waals surface area contributed by atoms with Gasteiger partial charge in [0.25, 0.3) is 0 Å². The molecule has 10 rings (SSSR count). The number of fused-ring (bicyclic) bond motifs is 6. The molecule has 2 heterocycles. The lowest BCUT2D eigenvalue weighted by Crippen LogP contribution is -2.43. The first kappa shape index (κ1) is 29.1. The zero-order valence-corrected chi connectivity index (χ0v) is 28.3. The number of hydrogen-bond acceptors (Lipinski definition) is 3. The Morgan fingerprint density at radius 2 is 1.34 bits per heavy atom. The molecular weight excluding hydrogens is 609 g/mol.